The van der Waals surface area contributed by atoms with Crippen LogP contribution in [0.5, 0.6) is 0 Å². The van der Waals surface area contributed by atoms with Gasteiger partial charge in [-0.1, -0.05) is 12.1 Å². The summed E-state index contributed by atoms with van der Waals surface area (Å²) >= 11 is 0. The summed E-state index contributed by atoms with van der Waals surface area (Å²) in [5.41, 5.74) is 7.30. The molecule has 0 saturated carbocycles. The standard InChI is InChI=1S/2C6H7N.5C5H6N2.2C4H5N3.2C3H5N3/c1-6-3-2-4-7-5-6;1-6-4-2-3-5-7-6;1-5-2-6-4-7-3-5;1-5-4-6-2-3-7-5;1-5-2-3-6-7-4-5;1-5-6-3-2-4-7-5;1-5-3-2-4-6-7-5;1-4-2-5-3-6-7-4;1-4-5-2-3-6-7-4;1-6-2-4-5-3-6;1-6-3-4-2-5-6/h2*2-5H,1H3;5*2-4H,1H3;2*2-3H,1H3;2*2-3H,1H3. The fourth-order valence-corrected chi connectivity index (χ4v) is 3.90. The Kier molecular flexibility index (Phi) is 37.0. The Balaban J connectivity index is 0.000000413. The minimum Gasteiger partial charge on any atom is -0.323 e. The zero-order valence-corrected chi connectivity index (χ0v) is 44.1. The van der Waals surface area contributed by atoms with Gasteiger partial charge in [0.2, 0.25) is 0 Å². The molecule has 0 aliphatic heterocycles. The number of nitrogens with zero attached hydrogens (tertiary/aromatic N) is 24. The molecule has 11 rings (SSSR count). The van der Waals surface area contributed by atoms with Crippen molar-refractivity contribution in [3.05, 3.63) is 243 Å². The monoisotopic (exact) mass is 1010 g/mol. The zero-order chi connectivity index (χ0) is 54.8. The van der Waals surface area contributed by atoms with Gasteiger partial charge in [0.15, 0.2) is 0 Å². The summed E-state index contributed by atoms with van der Waals surface area (Å²) in [6.45, 7) is 17.3. The van der Waals surface area contributed by atoms with E-state index < -0.39 is 0 Å². The third-order valence-corrected chi connectivity index (χ3v) is 7.40. The molecule has 0 amide bonds. The van der Waals surface area contributed by atoms with E-state index in [1.165, 1.54) is 24.5 Å². The molecule has 0 aliphatic carbocycles. The van der Waals surface area contributed by atoms with Gasteiger partial charge in [0.25, 0.3) is 0 Å². The van der Waals surface area contributed by atoms with Gasteiger partial charge in [-0.15, -0.1) is 20.4 Å². The Hall–Kier alpha value is -10.00. The van der Waals surface area contributed by atoms with E-state index in [9.17, 15) is 0 Å². The van der Waals surface area contributed by atoms with E-state index >= 15 is 0 Å². The van der Waals surface area contributed by atoms with Gasteiger partial charge in [-0.3, -0.25) is 24.6 Å². The molecule has 75 heavy (non-hydrogen) atoms. The van der Waals surface area contributed by atoms with E-state index in [0.717, 1.165) is 39.7 Å². The van der Waals surface area contributed by atoms with Gasteiger partial charge in [-0.05, 0) is 121 Å². The molecule has 11 heterocycles. The lowest BCUT2D eigenvalue weighted by molar-refractivity contribution is 0.765. The Labute approximate surface area is 438 Å². The first kappa shape index (κ1) is 63.0. The largest absolute Gasteiger partial charge is 0.323 e. The summed E-state index contributed by atoms with van der Waals surface area (Å²) in [5.74, 6) is 1.53. The minimum atomic E-state index is 0.711. The summed E-state index contributed by atoms with van der Waals surface area (Å²) in [6.07, 6.45) is 36.7. The van der Waals surface area contributed by atoms with E-state index in [0.29, 0.717) is 5.82 Å². The van der Waals surface area contributed by atoms with E-state index in [1.807, 2.05) is 124 Å². The van der Waals surface area contributed by atoms with Crippen molar-refractivity contribution in [1.29, 1.82) is 0 Å². The normalized spacial score (nSPS) is 8.73. The molecule has 0 fully saturated rings. The van der Waals surface area contributed by atoms with Crippen LogP contribution in [-0.4, -0.2) is 120 Å². The quantitative estimate of drug-likeness (QED) is 0.153. The third-order valence-electron chi connectivity index (χ3n) is 7.40. The lowest BCUT2D eigenvalue weighted by Crippen LogP contribution is -1.85. The Morgan fingerprint density at radius 2 is 0.907 bits per heavy atom. The van der Waals surface area contributed by atoms with Crippen molar-refractivity contribution < 1.29 is 0 Å². The number of rotatable bonds is 0. The molecule has 0 atom stereocenters. The van der Waals surface area contributed by atoms with Gasteiger partial charge in [-0.25, -0.2) is 34.9 Å². The van der Waals surface area contributed by atoms with Crippen LogP contribution in [-0.2, 0) is 14.1 Å². The number of aromatic nitrogens is 24. The van der Waals surface area contributed by atoms with Crippen LogP contribution in [0.1, 0.15) is 51.1 Å². The molecular weight excluding hydrogens is 949 g/mol. The number of hydrogen-bond donors (Lipinski definition) is 0. The van der Waals surface area contributed by atoms with E-state index in [1.54, 1.807) is 134 Å². The number of aryl methyl sites for hydroxylation is 11. The molecule has 24 heteroatoms. The van der Waals surface area contributed by atoms with Crippen LogP contribution in [0.4, 0.5) is 0 Å². The summed E-state index contributed by atoms with van der Waals surface area (Å²) < 4.78 is 3.42. The first-order chi connectivity index (χ1) is 36.3. The highest BCUT2D eigenvalue weighted by atomic mass is 15.3. The van der Waals surface area contributed by atoms with Crippen LogP contribution < -0.4 is 0 Å². The SMILES string of the molecule is Cc1ccccn1.Cc1cccnc1.Cc1cccnn1.Cc1ccnnc1.Cc1cnccn1.Cc1cncnc1.Cc1cncnn1.Cc1ncccn1.Cc1nccnn1.Cn1cncn1.Cn1cnnc1. The molecule has 0 aromatic carbocycles. The highest BCUT2D eigenvalue weighted by molar-refractivity contribution is 5.05. The molecule has 388 valence electrons. The number of hydrogen-bond acceptors (Lipinski definition) is 22. The maximum atomic E-state index is 3.98. The van der Waals surface area contributed by atoms with Crippen molar-refractivity contribution in [2.75, 3.05) is 0 Å². The fourth-order valence-electron chi connectivity index (χ4n) is 3.90. The van der Waals surface area contributed by atoms with E-state index in [-0.39, 0.29) is 0 Å². The summed E-state index contributed by atoms with van der Waals surface area (Å²) in [6, 6.07) is 17.3. The molecular formula is C51H64N24. The molecule has 0 radical (unpaired) electrons. The minimum absolute atomic E-state index is 0.711. The average molecular weight is 1010 g/mol. The third kappa shape index (κ3) is 42.6. The van der Waals surface area contributed by atoms with Crippen molar-refractivity contribution in [3.8, 4) is 0 Å². The molecule has 0 unspecified atom stereocenters. The van der Waals surface area contributed by atoms with Crippen molar-refractivity contribution in [2.24, 2.45) is 14.1 Å². The van der Waals surface area contributed by atoms with Crippen LogP contribution in [0.3, 0.4) is 0 Å². The van der Waals surface area contributed by atoms with Gasteiger partial charge < -0.3 is 4.57 Å². The average Bonchev–Trinajstić information content (AvgIpc) is 4.13. The second kappa shape index (κ2) is 44.0. The van der Waals surface area contributed by atoms with Crippen molar-refractivity contribution in [2.45, 2.75) is 62.3 Å². The molecule has 24 nitrogen and oxygen atoms in total. The van der Waals surface area contributed by atoms with Gasteiger partial charge in [-0.2, -0.15) is 35.7 Å². The summed E-state index contributed by atoms with van der Waals surface area (Å²) in [4.78, 5) is 42.1. The highest BCUT2D eigenvalue weighted by Gasteiger charge is 1.80. The van der Waals surface area contributed by atoms with Crippen molar-refractivity contribution >= 4 is 0 Å². The summed E-state index contributed by atoms with van der Waals surface area (Å²) in [7, 11) is 3.70. The van der Waals surface area contributed by atoms with Gasteiger partial charge in [0, 0.05) is 100 Å². The first-order valence-electron chi connectivity index (χ1n) is 22.5. The molecule has 0 bridgehead atoms. The van der Waals surface area contributed by atoms with Crippen LogP contribution in [0, 0.1) is 62.3 Å². The maximum absolute atomic E-state index is 3.98. The number of pyridine rings is 2. The highest BCUT2D eigenvalue weighted by Crippen LogP contribution is 1.89. The van der Waals surface area contributed by atoms with E-state index in [4.69, 9.17) is 0 Å². The topological polar surface area (TPSA) is 293 Å². The predicted octanol–water partition coefficient (Wildman–Crippen LogP) is 6.70. The zero-order valence-electron chi connectivity index (χ0n) is 44.1. The fraction of sp³-hybridized carbons (Fsp3) is 0.216. The molecule has 0 spiro atoms. The Morgan fingerprint density at radius 3 is 1.17 bits per heavy atom. The van der Waals surface area contributed by atoms with E-state index in [2.05, 4.69) is 111 Å². The lowest BCUT2D eigenvalue weighted by atomic mass is 10.3. The van der Waals surface area contributed by atoms with Gasteiger partial charge in [0.1, 0.15) is 49.6 Å². The summed E-state index contributed by atoms with van der Waals surface area (Å²) in [5, 5.41) is 39.8. The Bertz CT molecular complexity index is 2270. The predicted molar refractivity (Wildman–Crippen MR) is 283 cm³/mol. The molecule has 0 aliphatic rings. The van der Waals surface area contributed by atoms with Gasteiger partial charge in [0.05, 0.1) is 35.7 Å². The first-order valence-corrected chi connectivity index (χ1v) is 22.5. The second-order valence-corrected chi connectivity index (χ2v) is 14.5. The molecule has 11 aromatic heterocycles. The van der Waals surface area contributed by atoms with Crippen molar-refractivity contribution in [3.63, 3.8) is 0 Å². The van der Waals surface area contributed by atoms with Gasteiger partial charge >= 0.3 is 0 Å². The molecule has 0 N–H and O–H groups in total. The van der Waals surface area contributed by atoms with Crippen LogP contribution in [0.15, 0.2) is 192 Å². The molecule has 0 saturated heterocycles. The molecule has 11 aromatic rings. The maximum Gasteiger partial charge on any atom is 0.147 e. The Morgan fingerprint density at radius 1 is 0.307 bits per heavy atom. The van der Waals surface area contributed by atoms with Crippen LogP contribution in [0.2, 0.25) is 0 Å². The second-order valence-electron chi connectivity index (χ2n) is 14.5. The lowest BCUT2D eigenvalue weighted by Gasteiger charge is -1.82. The van der Waals surface area contributed by atoms with Crippen molar-refractivity contribution in [1.82, 2.24) is 120 Å². The van der Waals surface area contributed by atoms with Crippen LogP contribution in [0.25, 0.3) is 0 Å². The smallest absolute Gasteiger partial charge is 0.147 e. The van der Waals surface area contributed by atoms with Crippen LogP contribution >= 0.6 is 0 Å².